The molecule has 0 aliphatic rings. The average Bonchev–Trinajstić information content (AvgIpc) is 2.74. The molecule has 1 N–H and O–H groups in total. The van der Waals surface area contributed by atoms with E-state index >= 15 is 0 Å². The van der Waals surface area contributed by atoms with Gasteiger partial charge in [0.1, 0.15) is 0 Å². The Morgan fingerprint density at radius 1 is 1.38 bits per heavy atom. The summed E-state index contributed by atoms with van der Waals surface area (Å²) in [5.74, 6) is 0. The maximum Gasteiger partial charge on any atom is 0.494 e. The fraction of sp³-hybridized carbons (Fsp3) is 0.182. The van der Waals surface area contributed by atoms with Crippen LogP contribution in [0.2, 0.25) is 0 Å². The van der Waals surface area contributed by atoms with Gasteiger partial charge in [-0.05, 0) is 5.56 Å². The van der Waals surface area contributed by atoms with Gasteiger partial charge in [0.2, 0.25) is 0 Å². The molecule has 16 heavy (non-hydrogen) atoms. The Labute approximate surface area is 94.6 Å². The highest BCUT2D eigenvalue weighted by atomic mass is 16.5. The summed E-state index contributed by atoms with van der Waals surface area (Å²) < 4.78 is 6.96. The molecule has 2 rings (SSSR count). The molecule has 0 unspecified atom stereocenters. The number of benzene rings is 1. The lowest BCUT2D eigenvalue weighted by molar-refractivity contribution is 0.259. The van der Waals surface area contributed by atoms with Gasteiger partial charge in [-0.15, -0.1) is 0 Å². The SMILES string of the molecule is Cn1cc(B(O)OCc2ccccc2)cn1. The van der Waals surface area contributed by atoms with Crippen LogP contribution >= 0.6 is 0 Å². The van der Waals surface area contributed by atoms with Crippen LogP contribution in [-0.2, 0) is 18.3 Å². The van der Waals surface area contributed by atoms with Gasteiger partial charge in [0.25, 0.3) is 0 Å². The van der Waals surface area contributed by atoms with Gasteiger partial charge in [0.05, 0.1) is 6.61 Å². The number of rotatable bonds is 4. The Kier molecular flexibility index (Phi) is 3.39. The molecule has 0 spiro atoms. The lowest BCUT2D eigenvalue weighted by atomic mass is 9.82. The Balaban J connectivity index is 1.91. The molecule has 0 radical (unpaired) electrons. The fourth-order valence-electron chi connectivity index (χ4n) is 1.41. The zero-order valence-electron chi connectivity index (χ0n) is 9.08. The molecular formula is C11H13BN2O2. The van der Waals surface area contributed by atoms with Crippen LogP contribution in [0.5, 0.6) is 0 Å². The van der Waals surface area contributed by atoms with Crippen LogP contribution in [0.4, 0.5) is 0 Å². The molecular weight excluding hydrogens is 203 g/mol. The van der Waals surface area contributed by atoms with E-state index in [2.05, 4.69) is 5.10 Å². The summed E-state index contributed by atoms with van der Waals surface area (Å²) in [6.07, 6.45) is 3.32. The molecule has 1 heterocycles. The molecule has 1 aromatic heterocycles. The second kappa shape index (κ2) is 4.96. The topological polar surface area (TPSA) is 47.3 Å². The van der Waals surface area contributed by atoms with Crippen molar-refractivity contribution in [1.29, 1.82) is 0 Å². The average molecular weight is 216 g/mol. The summed E-state index contributed by atoms with van der Waals surface area (Å²) in [6.45, 7) is 0.386. The van der Waals surface area contributed by atoms with Crippen molar-refractivity contribution in [1.82, 2.24) is 9.78 Å². The van der Waals surface area contributed by atoms with Gasteiger partial charge in [-0.1, -0.05) is 30.3 Å². The first-order valence-corrected chi connectivity index (χ1v) is 5.08. The minimum atomic E-state index is -0.922. The Hall–Kier alpha value is -1.59. The van der Waals surface area contributed by atoms with E-state index in [4.69, 9.17) is 4.65 Å². The maximum atomic E-state index is 9.72. The van der Waals surface area contributed by atoms with E-state index < -0.39 is 7.12 Å². The highest BCUT2D eigenvalue weighted by Gasteiger charge is 2.17. The van der Waals surface area contributed by atoms with Crippen molar-refractivity contribution in [2.24, 2.45) is 7.05 Å². The molecule has 1 aromatic carbocycles. The van der Waals surface area contributed by atoms with Crippen molar-refractivity contribution in [3.05, 3.63) is 48.3 Å². The zero-order chi connectivity index (χ0) is 11.4. The molecule has 5 heteroatoms. The van der Waals surface area contributed by atoms with Crippen molar-refractivity contribution in [3.8, 4) is 0 Å². The molecule has 4 nitrogen and oxygen atoms in total. The van der Waals surface area contributed by atoms with E-state index in [0.717, 1.165) is 5.56 Å². The summed E-state index contributed by atoms with van der Waals surface area (Å²) in [6, 6.07) is 9.73. The molecule has 82 valence electrons. The van der Waals surface area contributed by atoms with Gasteiger partial charge in [-0.2, -0.15) is 5.10 Å². The highest BCUT2D eigenvalue weighted by molar-refractivity contribution is 6.59. The monoisotopic (exact) mass is 216 g/mol. The van der Waals surface area contributed by atoms with E-state index in [1.807, 2.05) is 30.3 Å². The Bertz CT molecular complexity index is 444. The van der Waals surface area contributed by atoms with Crippen LogP contribution in [0.15, 0.2) is 42.7 Å². The molecule has 0 saturated carbocycles. The summed E-state index contributed by atoms with van der Waals surface area (Å²) in [7, 11) is 0.877. The molecule has 0 aliphatic heterocycles. The summed E-state index contributed by atoms with van der Waals surface area (Å²) in [5.41, 5.74) is 1.70. The molecule has 0 bridgehead atoms. The standard InChI is InChI=1S/C11H13BN2O2/c1-14-8-11(7-13-14)12(15)16-9-10-5-3-2-4-6-10/h2-8,15H,9H2,1H3. The number of hydrogen-bond donors (Lipinski definition) is 1. The highest BCUT2D eigenvalue weighted by Crippen LogP contribution is 2.01. The first-order chi connectivity index (χ1) is 7.75. The predicted octanol–water partition coefficient (Wildman–Crippen LogP) is 0.324. The first kappa shape index (κ1) is 10.9. The normalized spacial score (nSPS) is 10.4. The van der Waals surface area contributed by atoms with E-state index in [1.165, 1.54) is 0 Å². The van der Waals surface area contributed by atoms with E-state index in [-0.39, 0.29) is 0 Å². The van der Waals surface area contributed by atoms with Crippen LogP contribution in [-0.4, -0.2) is 21.9 Å². The van der Waals surface area contributed by atoms with Gasteiger partial charge >= 0.3 is 7.12 Å². The molecule has 0 fully saturated rings. The van der Waals surface area contributed by atoms with Crippen molar-refractivity contribution < 1.29 is 9.68 Å². The van der Waals surface area contributed by atoms with Crippen molar-refractivity contribution in [2.45, 2.75) is 6.61 Å². The first-order valence-electron chi connectivity index (χ1n) is 5.08. The zero-order valence-corrected chi connectivity index (χ0v) is 9.08. The third kappa shape index (κ3) is 2.71. The molecule has 0 atom stereocenters. The van der Waals surface area contributed by atoms with E-state index in [9.17, 15) is 5.02 Å². The third-order valence-corrected chi connectivity index (χ3v) is 2.26. The third-order valence-electron chi connectivity index (χ3n) is 2.26. The van der Waals surface area contributed by atoms with Crippen LogP contribution < -0.4 is 5.46 Å². The second-order valence-corrected chi connectivity index (χ2v) is 3.60. The molecule has 0 aliphatic carbocycles. The quantitative estimate of drug-likeness (QED) is 0.749. The fourth-order valence-corrected chi connectivity index (χ4v) is 1.41. The van der Waals surface area contributed by atoms with Gasteiger partial charge in [0.15, 0.2) is 0 Å². The second-order valence-electron chi connectivity index (χ2n) is 3.60. The van der Waals surface area contributed by atoms with Crippen molar-refractivity contribution in [2.75, 3.05) is 0 Å². The Morgan fingerprint density at radius 2 is 2.12 bits per heavy atom. The summed E-state index contributed by atoms with van der Waals surface area (Å²) in [4.78, 5) is 0. The molecule has 0 saturated heterocycles. The molecule has 0 amide bonds. The minimum absolute atomic E-state index is 0.386. The van der Waals surface area contributed by atoms with Crippen molar-refractivity contribution >= 4 is 12.6 Å². The smallest absolute Gasteiger partial charge is 0.423 e. The largest absolute Gasteiger partial charge is 0.494 e. The predicted molar refractivity (Wildman–Crippen MR) is 62.0 cm³/mol. The van der Waals surface area contributed by atoms with Crippen LogP contribution in [0.1, 0.15) is 5.56 Å². The van der Waals surface area contributed by atoms with Crippen LogP contribution in [0.25, 0.3) is 0 Å². The van der Waals surface area contributed by atoms with E-state index in [1.54, 1.807) is 24.1 Å². The lowest BCUT2D eigenvalue weighted by Gasteiger charge is -2.05. The summed E-state index contributed by atoms with van der Waals surface area (Å²) in [5, 5.41) is 13.7. The van der Waals surface area contributed by atoms with E-state index in [0.29, 0.717) is 12.1 Å². The number of aryl methyl sites for hydroxylation is 1. The van der Waals surface area contributed by atoms with Gasteiger partial charge in [0, 0.05) is 24.9 Å². The van der Waals surface area contributed by atoms with Gasteiger partial charge < -0.3 is 9.68 Å². The molecule has 2 aromatic rings. The van der Waals surface area contributed by atoms with Gasteiger partial charge in [-0.3, -0.25) is 4.68 Å². The van der Waals surface area contributed by atoms with Gasteiger partial charge in [-0.25, -0.2) is 0 Å². The summed E-state index contributed by atoms with van der Waals surface area (Å²) >= 11 is 0. The number of nitrogens with zero attached hydrogens (tertiary/aromatic N) is 2. The van der Waals surface area contributed by atoms with Crippen LogP contribution in [0, 0.1) is 0 Å². The number of aromatic nitrogens is 2. The number of hydrogen-bond acceptors (Lipinski definition) is 3. The Morgan fingerprint density at radius 3 is 2.75 bits per heavy atom. The van der Waals surface area contributed by atoms with Crippen LogP contribution in [0.3, 0.4) is 0 Å². The minimum Gasteiger partial charge on any atom is -0.423 e. The van der Waals surface area contributed by atoms with Crippen molar-refractivity contribution in [3.63, 3.8) is 0 Å². The maximum absolute atomic E-state index is 9.72. The lowest BCUT2D eigenvalue weighted by Crippen LogP contribution is -2.32.